The second-order valence-corrected chi connectivity index (χ2v) is 4.52. The zero-order chi connectivity index (χ0) is 12.1. The number of halogens is 1. The lowest BCUT2D eigenvalue weighted by Gasteiger charge is -2.10. The molecule has 1 amide bonds. The third-order valence-electron chi connectivity index (χ3n) is 1.95. The Hall–Kier alpha value is -1.36. The van der Waals surface area contributed by atoms with Crippen molar-refractivity contribution in [3.63, 3.8) is 0 Å². The Morgan fingerprint density at radius 3 is 2.56 bits per heavy atom. The third kappa shape index (κ3) is 3.06. The summed E-state index contributed by atoms with van der Waals surface area (Å²) in [4.78, 5) is 22.5. The number of rotatable bonds is 3. The Morgan fingerprint density at radius 1 is 1.38 bits per heavy atom. The minimum Gasteiger partial charge on any atom is -0.465 e. The molecule has 16 heavy (non-hydrogen) atoms. The van der Waals surface area contributed by atoms with Crippen LogP contribution < -0.4 is 5.32 Å². The van der Waals surface area contributed by atoms with Crippen molar-refractivity contribution in [3.05, 3.63) is 29.8 Å². The number of benzene rings is 1. The van der Waals surface area contributed by atoms with Gasteiger partial charge in [0.1, 0.15) is 0 Å². The quantitative estimate of drug-likeness (QED) is 0.684. The van der Waals surface area contributed by atoms with Crippen LogP contribution in [0.3, 0.4) is 0 Å². The number of anilines is 1. The molecule has 86 valence electrons. The molecule has 0 unspecified atom stereocenters. The van der Waals surface area contributed by atoms with Crippen molar-refractivity contribution in [2.75, 3.05) is 12.4 Å². The maximum atomic E-state index is 11.5. The van der Waals surface area contributed by atoms with Gasteiger partial charge in [-0.3, -0.25) is 4.79 Å². The number of ether oxygens (including phenoxy) is 1. The van der Waals surface area contributed by atoms with Gasteiger partial charge in [0, 0.05) is 0 Å². The van der Waals surface area contributed by atoms with E-state index in [4.69, 9.17) is 0 Å². The van der Waals surface area contributed by atoms with Gasteiger partial charge in [-0.2, -0.15) is 0 Å². The molecular weight excluding hydrogens is 274 g/mol. The van der Waals surface area contributed by atoms with Crippen LogP contribution in [0.25, 0.3) is 0 Å². The van der Waals surface area contributed by atoms with Crippen molar-refractivity contribution in [1.82, 2.24) is 0 Å². The summed E-state index contributed by atoms with van der Waals surface area (Å²) < 4.78 is 4.62. The topological polar surface area (TPSA) is 55.4 Å². The van der Waals surface area contributed by atoms with Gasteiger partial charge in [-0.1, -0.05) is 28.1 Å². The molecule has 0 saturated carbocycles. The summed E-state index contributed by atoms with van der Waals surface area (Å²) in [5.74, 6) is -0.686. The number of para-hydroxylation sites is 1. The summed E-state index contributed by atoms with van der Waals surface area (Å²) in [6.07, 6.45) is 0. The molecule has 1 aromatic carbocycles. The minimum atomic E-state index is -0.474. The highest BCUT2D eigenvalue weighted by Gasteiger charge is 2.15. The van der Waals surface area contributed by atoms with Crippen LogP contribution in [0.5, 0.6) is 0 Å². The average molecular weight is 286 g/mol. The predicted molar refractivity (Wildman–Crippen MR) is 64.8 cm³/mol. The number of hydrogen-bond donors (Lipinski definition) is 1. The standard InChI is InChI=1S/C11H12BrNO3/c1-7(12)10(14)13-9-6-4-3-5-8(9)11(15)16-2/h3-7H,1-2H3,(H,13,14)/t7-/m1/s1. The Morgan fingerprint density at radius 2 is 2.00 bits per heavy atom. The van der Waals surface area contributed by atoms with Crippen LogP contribution in [-0.2, 0) is 9.53 Å². The molecule has 5 heteroatoms. The van der Waals surface area contributed by atoms with Crippen molar-refractivity contribution in [2.24, 2.45) is 0 Å². The van der Waals surface area contributed by atoms with Crippen LogP contribution >= 0.6 is 15.9 Å². The number of amides is 1. The first kappa shape index (κ1) is 12.7. The van der Waals surface area contributed by atoms with Gasteiger partial charge in [-0.15, -0.1) is 0 Å². The molecule has 0 saturated heterocycles. The fraction of sp³-hybridized carbons (Fsp3) is 0.273. The summed E-state index contributed by atoms with van der Waals surface area (Å²) in [5, 5.41) is 2.64. The maximum absolute atomic E-state index is 11.5. The van der Waals surface area contributed by atoms with Crippen molar-refractivity contribution < 1.29 is 14.3 Å². The molecule has 0 aliphatic rings. The van der Waals surface area contributed by atoms with Gasteiger partial charge in [0.15, 0.2) is 0 Å². The zero-order valence-corrected chi connectivity index (χ0v) is 10.6. The Bertz CT molecular complexity index is 404. The lowest BCUT2D eigenvalue weighted by atomic mass is 10.2. The molecular formula is C11H12BrNO3. The molecule has 0 aromatic heterocycles. The Balaban J connectivity index is 2.95. The molecule has 0 fully saturated rings. The van der Waals surface area contributed by atoms with Crippen LogP contribution in [0.1, 0.15) is 17.3 Å². The summed E-state index contributed by atoms with van der Waals surface area (Å²) in [6.45, 7) is 1.70. The fourth-order valence-electron chi connectivity index (χ4n) is 1.11. The lowest BCUT2D eigenvalue weighted by molar-refractivity contribution is -0.115. The molecule has 1 N–H and O–H groups in total. The van der Waals surface area contributed by atoms with Gasteiger partial charge >= 0.3 is 5.97 Å². The maximum Gasteiger partial charge on any atom is 0.339 e. The molecule has 0 heterocycles. The summed E-state index contributed by atoms with van der Waals surface area (Å²) in [6, 6.07) is 6.69. The van der Waals surface area contributed by atoms with E-state index in [9.17, 15) is 9.59 Å². The molecule has 0 aliphatic carbocycles. The van der Waals surface area contributed by atoms with Crippen LogP contribution in [0.15, 0.2) is 24.3 Å². The highest BCUT2D eigenvalue weighted by molar-refractivity contribution is 9.10. The molecule has 1 atom stereocenters. The number of nitrogens with one attached hydrogen (secondary N) is 1. The van der Waals surface area contributed by atoms with Crippen LogP contribution in [0.2, 0.25) is 0 Å². The summed E-state index contributed by atoms with van der Waals surface area (Å²) in [7, 11) is 1.30. The van der Waals surface area contributed by atoms with E-state index in [0.29, 0.717) is 11.3 Å². The van der Waals surface area contributed by atoms with Crippen molar-refractivity contribution in [1.29, 1.82) is 0 Å². The number of hydrogen-bond acceptors (Lipinski definition) is 3. The largest absolute Gasteiger partial charge is 0.465 e. The van der Waals surface area contributed by atoms with E-state index in [0.717, 1.165) is 0 Å². The SMILES string of the molecule is COC(=O)c1ccccc1NC(=O)[C@@H](C)Br. The first-order valence-corrected chi connectivity index (χ1v) is 5.60. The zero-order valence-electron chi connectivity index (χ0n) is 8.99. The van der Waals surface area contributed by atoms with Crippen LogP contribution in [0, 0.1) is 0 Å². The van der Waals surface area contributed by atoms with Gasteiger partial charge in [0.25, 0.3) is 0 Å². The van der Waals surface area contributed by atoms with E-state index < -0.39 is 5.97 Å². The number of methoxy groups -OCH3 is 1. The molecule has 0 spiro atoms. The molecule has 1 rings (SSSR count). The van der Waals surface area contributed by atoms with E-state index in [2.05, 4.69) is 26.0 Å². The van der Waals surface area contributed by atoms with Gasteiger partial charge in [0.2, 0.25) is 5.91 Å². The van der Waals surface area contributed by atoms with Crippen LogP contribution in [-0.4, -0.2) is 23.8 Å². The number of carbonyl (C=O) groups excluding carboxylic acids is 2. The molecule has 4 nitrogen and oxygen atoms in total. The van der Waals surface area contributed by atoms with Crippen molar-refractivity contribution in [2.45, 2.75) is 11.8 Å². The van der Waals surface area contributed by atoms with Crippen molar-refractivity contribution >= 4 is 33.5 Å². The highest BCUT2D eigenvalue weighted by atomic mass is 79.9. The van der Waals surface area contributed by atoms with Gasteiger partial charge < -0.3 is 10.1 Å². The normalized spacial score (nSPS) is 11.7. The van der Waals surface area contributed by atoms with E-state index in [1.54, 1.807) is 31.2 Å². The second-order valence-electron chi connectivity index (χ2n) is 3.14. The monoisotopic (exact) mass is 285 g/mol. The first-order chi connectivity index (χ1) is 7.56. The number of carbonyl (C=O) groups is 2. The van der Waals surface area contributed by atoms with E-state index in [-0.39, 0.29) is 10.7 Å². The Labute approximate surface area is 102 Å². The summed E-state index contributed by atoms with van der Waals surface area (Å²) in [5.41, 5.74) is 0.789. The molecule has 0 aliphatic heterocycles. The molecule has 0 bridgehead atoms. The van der Waals surface area contributed by atoms with Gasteiger partial charge in [0.05, 0.1) is 23.2 Å². The number of esters is 1. The Kier molecular flexibility index (Phi) is 4.49. The molecule has 1 aromatic rings. The van der Waals surface area contributed by atoms with E-state index in [1.165, 1.54) is 7.11 Å². The predicted octanol–water partition coefficient (Wildman–Crippen LogP) is 2.20. The second kappa shape index (κ2) is 5.65. The van der Waals surface area contributed by atoms with Crippen molar-refractivity contribution in [3.8, 4) is 0 Å². The van der Waals surface area contributed by atoms with Crippen LogP contribution in [0.4, 0.5) is 5.69 Å². The van der Waals surface area contributed by atoms with E-state index >= 15 is 0 Å². The minimum absolute atomic E-state index is 0.212. The number of alkyl halides is 1. The fourth-order valence-corrected chi connectivity index (χ4v) is 1.23. The highest BCUT2D eigenvalue weighted by Crippen LogP contribution is 2.16. The third-order valence-corrected chi connectivity index (χ3v) is 2.37. The van der Waals surface area contributed by atoms with E-state index in [1.807, 2.05) is 0 Å². The smallest absolute Gasteiger partial charge is 0.339 e. The average Bonchev–Trinajstić information content (AvgIpc) is 2.28. The summed E-state index contributed by atoms with van der Waals surface area (Å²) >= 11 is 3.15. The first-order valence-electron chi connectivity index (χ1n) is 4.68. The molecule has 0 radical (unpaired) electrons. The van der Waals surface area contributed by atoms with Gasteiger partial charge in [-0.25, -0.2) is 4.79 Å². The van der Waals surface area contributed by atoms with Gasteiger partial charge in [-0.05, 0) is 19.1 Å². The lowest BCUT2D eigenvalue weighted by Crippen LogP contribution is -2.21.